The average molecular weight is 233 g/mol. The van der Waals surface area contributed by atoms with Crippen molar-refractivity contribution in [3.05, 3.63) is 30.2 Å². The fourth-order valence-corrected chi connectivity index (χ4v) is 1.61. The number of anilines is 1. The SMILES string of the molecule is CNc1nnc([C@H]2COc3ccccc3O2)o1. The highest BCUT2D eigenvalue weighted by molar-refractivity contribution is 5.40. The molecule has 6 heteroatoms. The van der Waals surface area contributed by atoms with E-state index in [1.165, 1.54) is 0 Å². The van der Waals surface area contributed by atoms with Gasteiger partial charge >= 0.3 is 6.01 Å². The molecule has 88 valence electrons. The Morgan fingerprint density at radius 2 is 2.06 bits per heavy atom. The summed E-state index contributed by atoms with van der Waals surface area (Å²) in [4.78, 5) is 0. The summed E-state index contributed by atoms with van der Waals surface area (Å²) in [5.41, 5.74) is 0. The molecule has 2 heterocycles. The Bertz CT molecular complexity index is 526. The number of fused-ring (bicyclic) bond motifs is 1. The standard InChI is InChI=1S/C11H11N3O3/c1-12-11-14-13-10(17-11)9-6-15-7-4-2-3-5-8(7)16-9/h2-5,9H,6H2,1H3,(H,12,14)/t9-/m1/s1. The van der Waals surface area contributed by atoms with Crippen LogP contribution in [0.4, 0.5) is 6.01 Å². The molecular weight excluding hydrogens is 222 g/mol. The average Bonchev–Trinajstić information content (AvgIpc) is 2.87. The van der Waals surface area contributed by atoms with E-state index in [0.717, 1.165) is 5.75 Å². The van der Waals surface area contributed by atoms with Gasteiger partial charge < -0.3 is 19.2 Å². The monoisotopic (exact) mass is 233 g/mol. The molecule has 1 atom stereocenters. The van der Waals surface area contributed by atoms with Gasteiger partial charge in [0, 0.05) is 7.05 Å². The van der Waals surface area contributed by atoms with Crippen molar-refractivity contribution in [3.63, 3.8) is 0 Å². The lowest BCUT2D eigenvalue weighted by molar-refractivity contribution is 0.0717. The van der Waals surface area contributed by atoms with Crippen LogP contribution in [-0.2, 0) is 0 Å². The highest BCUT2D eigenvalue weighted by Crippen LogP contribution is 2.35. The summed E-state index contributed by atoms with van der Waals surface area (Å²) >= 11 is 0. The van der Waals surface area contributed by atoms with Crippen molar-refractivity contribution >= 4 is 6.01 Å². The molecule has 1 aromatic carbocycles. The zero-order chi connectivity index (χ0) is 11.7. The van der Waals surface area contributed by atoms with Crippen molar-refractivity contribution in [1.82, 2.24) is 10.2 Å². The quantitative estimate of drug-likeness (QED) is 0.850. The molecular formula is C11H11N3O3. The molecule has 0 amide bonds. The molecule has 1 N–H and O–H groups in total. The molecule has 0 aliphatic carbocycles. The van der Waals surface area contributed by atoms with Crippen molar-refractivity contribution in [2.75, 3.05) is 19.0 Å². The van der Waals surface area contributed by atoms with Gasteiger partial charge in [0.25, 0.3) is 5.89 Å². The second-order valence-corrected chi connectivity index (χ2v) is 3.56. The van der Waals surface area contributed by atoms with Crippen molar-refractivity contribution in [1.29, 1.82) is 0 Å². The number of rotatable bonds is 2. The number of hydrogen-bond donors (Lipinski definition) is 1. The summed E-state index contributed by atoms with van der Waals surface area (Å²) in [5, 5.41) is 10.5. The minimum absolute atomic E-state index is 0.362. The number of aromatic nitrogens is 2. The van der Waals surface area contributed by atoms with Crippen molar-refractivity contribution in [2.45, 2.75) is 6.10 Å². The number of nitrogens with one attached hydrogen (secondary N) is 1. The lowest BCUT2D eigenvalue weighted by atomic mass is 10.2. The van der Waals surface area contributed by atoms with Crippen LogP contribution in [0.25, 0.3) is 0 Å². The maximum atomic E-state index is 5.73. The van der Waals surface area contributed by atoms with Gasteiger partial charge in [-0.05, 0) is 12.1 Å². The van der Waals surface area contributed by atoms with Gasteiger partial charge in [-0.3, -0.25) is 0 Å². The van der Waals surface area contributed by atoms with E-state index in [4.69, 9.17) is 13.9 Å². The van der Waals surface area contributed by atoms with E-state index in [1.54, 1.807) is 7.05 Å². The Morgan fingerprint density at radius 3 is 2.82 bits per heavy atom. The molecule has 1 aromatic heterocycles. The molecule has 2 aromatic rings. The highest BCUT2D eigenvalue weighted by Gasteiger charge is 2.26. The molecule has 0 radical (unpaired) electrons. The Balaban J connectivity index is 1.84. The van der Waals surface area contributed by atoms with E-state index in [9.17, 15) is 0 Å². The molecule has 0 saturated heterocycles. The largest absolute Gasteiger partial charge is 0.485 e. The molecule has 0 bridgehead atoms. The van der Waals surface area contributed by atoms with Gasteiger partial charge in [0.2, 0.25) is 6.10 Å². The maximum absolute atomic E-state index is 5.73. The van der Waals surface area contributed by atoms with E-state index in [2.05, 4.69) is 15.5 Å². The first-order valence-corrected chi connectivity index (χ1v) is 5.26. The fourth-order valence-electron chi connectivity index (χ4n) is 1.61. The van der Waals surface area contributed by atoms with Gasteiger partial charge in [-0.2, -0.15) is 0 Å². The fraction of sp³-hybridized carbons (Fsp3) is 0.273. The van der Waals surface area contributed by atoms with Crippen LogP contribution < -0.4 is 14.8 Å². The second-order valence-electron chi connectivity index (χ2n) is 3.56. The zero-order valence-electron chi connectivity index (χ0n) is 9.21. The van der Waals surface area contributed by atoms with Crippen LogP contribution in [0.15, 0.2) is 28.7 Å². The molecule has 17 heavy (non-hydrogen) atoms. The predicted octanol–water partition coefficient (Wildman–Crippen LogP) is 1.62. The van der Waals surface area contributed by atoms with Crippen molar-refractivity contribution in [2.24, 2.45) is 0 Å². The highest BCUT2D eigenvalue weighted by atomic mass is 16.6. The van der Waals surface area contributed by atoms with Gasteiger partial charge in [-0.15, -0.1) is 5.10 Å². The summed E-state index contributed by atoms with van der Waals surface area (Å²) in [6, 6.07) is 7.85. The summed E-state index contributed by atoms with van der Waals surface area (Å²) in [5.74, 6) is 1.83. The molecule has 3 rings (SSSR count). The zero-order valence-corrected chi connectivity index (χ0v) is 9.21. The smallest absolute Gasteiger partial charge is 0.315 e. The topological polar surface area (TPSA) is 69.4 Å². The maximum Gasteiger partial charge on any atom is 0.315 e. The Kier molecular flexibility index (Phi) is 2.32. The molecule has 1 aliphatic heterocycles. The normalized spacial score (nSPS) is 17.8. The summed E-state index contributed by atoms with van der Waals surface area (Å²) in [6.45, 7) is 0.363. The van der Waals surface area contributed by atoms with E-state index < -0.39 is 0 Å². The van der Waals surface area contributed by atoms with Gasteiger partial charge in [0.15, 0.2) is 11.5 Å². The van der Waals surface area contributed by atoms with Crippen molar-refractivity contribution in [3.8, 4) is 11.5 Å². The number of nitrogens with zero attached hydrogens (tertiary/aromatic N) is 2. The van der Waals surface area contributed by atoms with Gasteiger partial charge in [-0.1, -0.05) is 17.2 Å². The van der Waals surface area contributed by atoms with Gasteiger partial charge in [-0.25, -0.2) is 0 Å². The third-order valence-electron chi connectivity index (χ3n) is 2.44. The van der Waals surface area contributed by atoms with Gasteiger partial charge in [0.1, 0.15) is 6.61 Å². The number of hydrogen-bond acceptors (Lipinski definition) is 6. The predicted molar refractivity (Wildman–Crippen MR) is 59.2 cm³/mol. The Hall–Kier alpha value is -2.24. The Morgan fingerprint density at radius 1 is 1.24 bits per heavy atom. The van der Waals surface area contributed by atoms with Crippen LogP contribution in [0, 0.1) is 0 Å². The summed E-state index contributed by atoms with van der Waals surface area (Å²) in [6.07, 6.45) is -0.362. The van der Waals surface area contributed by atoms with Crippen LogP contribution in [0.5, 0.6) is 11.5 Å². The first kappa shape index (κ1) is 9.95. The van der Waals surface area contributed by atoms with Crippen LogP contribution in [0.3, 0.4) is 0 Å². The number of benzene rings is 1. The number of para-hydroxylation sites is 2. The molecule has 1 aliphatic rings. The molecule has 6 nitrogen and oxygen atoms in total. The van der Waals surface area contributed by atoms with Crippen molar-refractivity contribution < 1.29 is 13.9 Å². The molecule has 0 fully saturated rings. The minimum Gasteiger partial charge on any atom is -0.485 e. The van der Waals surface area contributed by atoms with Crippen LogP contribution in [0.2, 0.25) is 0 Å². The van der Waals surface area contributed by atoms with Crippen LogP contribution in [0.1, 0.15) is 12.0 Å². The van der Waals surface area contributed by atoms with E-state index in [-0.39, 0.29) is 6.10 Å². The summed E-state index contributed by atoms with van der Waals surface area (Å²) in [7, 11) is 1.71. The lowest BCUT2D eigenvalue weighted by Gasteiger charge is -2.23. The van der Waals surface area contributed by atoms with E-state index in [1.807, 2.05) is 24.3 Å². The van der Waals surface area contributed by atoms with E-state index in [0.29, 0.717) is 24.3 Å². The number of ether oxygens (including phenoxy) is 2. The molecule has 0 unspecified atom stereocenters. The molecule has 0 saturated carbocycles. The van der Waals surface area contributed by atoms with Crippen LogP contribution in [-0.4, -0.2) is 23.9 Å². The third-order valence-corrected chi connectivity index (χ3v) is 2.44. The minimum atomic E-state index is -0.362. The van der Waals surface area contributed by atoms with E-state index >= 15 is 0 Å². The van der Waals surface area contributed by atoms with Crippen LogP contribution >= 0.6 is 0 Å². The second kappa shape index (κ2) is 3.97. The third kappa shape index (κ3) is 1.77. The lowest BCUT2D eigenvalue weighted by Crippen LogP contribution is -2.21. The first-order valence-electron chi connectivity index (χ1n) is 5.26. The van der Waals surface area contributed by atoms with Gasteiger partial charge in [0.05, 0.1) is 0 Å². The summed E-state index contributed by atoms with van der Waals surface area (Å²) < 4.78 is 16.6. The molecule has 0 spiro atoms. The first-order chi connectivity index (χ1) is 8.36. The Labute approximate surface area is 97.6 Å².